The third-order valence-electron chi connectivity index (χ3n) is 3.47. The van der Waals surface area contributed by atoms with Crippen LogP contribution in [0.25, 0.3) is 0 Å². The Morgan fingerprint density at radius 1 is 1.42 bits per heavy atom. The van der Waals surface area contributed by atoms with Crippen LogP contribution in [0.15, 0.2) is 24.3 Å². The van der Waals surface area contributed by atoms with Gasteiger partial charge in [0.15, 0.2) is 0 Å². The number of hydrogen-bond donors (Lipinski definition) is 1. The molecule has 0 bridgehead atoms. The van der Waals surface area contributed by atoms with Gasteiger partial charge in [0.2, 0.25) is 5.91 Å². The lowest BCUT2D eigenvalue weighted by molar-refractivity contribution is -0.129. The highest BCUT2D eigenvalue weighted by atomic mass is 32.2. The largest absolute Gasteiger partial charge is 0.342 e. The summed E-state index contributed by atoms with van der Waals surface area (Å²) < 4.78 is 0. The number of carbonyl (C=O) groups is 1. The van der Waals surface area contributed by atoms with Crippen LogP contribution in [-0.2, 0) is 10.5 Å². The summed E-state index contributed by atoms with van der Waals surface area (Å²) in [6.07, 6.45) is 1.88. The van der Waals surface area contributed by atoms with Crippen molar-refractivity contribution >= 4 is 17.7 Å². The molecule has 1 aliphatic heterocycles. The first-order valence-corrected chi connectivity index (χ1v) is 7.97. The molecule has 19 heavy (non-hydrogen) atoms. The number of amides is 1. The molecule has 0 saturated carbocycles. The maximum atomic E-state index is 12.0. The first-order valence-electron chi connectivity index (χ1n) is 6.82. The van der Waals surface area contributed by atoms with E-state index in [1.54, 1.807) is 11.8 Å². The Labute approximate surface area is 119 Å². The van der Waals surface area contributed by atoms with Crippen LogP contribution in [-0.4, -0.2) is 35.7 Å². The van der Waals surface area contributed by atoms with Crippen molar-refractivity contribution in [3.05, 3.63) is 35.4 Å². The number of hydrogen-bond acceptors (Lipinski definition) is 3. The Morgan fingerprint density at radius 3 is 2.84 bits per heavy atom. The van der Waals surface area contributed by atoms with Crippen molar-refractivity contribution in [3.63, 3.8) is 0 Å². The van der Waals surface area contributed by atoms with E-state index in [-0.39, 0.29) is 11.9 Å². The molecule has 1 aromatic rings. The molecule has 1 fully saturated rings. The van der Waals surface area contributed by atoms with E-state index in [0.29, 0.717) is 5.75 Å². The van der Waals surface area contributed by atoms with Crippen LogP contribution in [0, 0.1) is 6.92 Å². The molecule has 0 aromatic heterocycles. The summed E-state index contributed by atoms with van der Waals surface area (Å²) >= 11 is 1.70. The molecule has 0 atom stereocenters. The normalized spacial score (nSPS) is 16.6. The van der Waals surface area contributed by atoms with Crippen molar-refractivity contribution in [3.8, 4) is 0 Å². The predicted molar refractivity (Wildman–Crippen MR) is 81.1 cm³/mol. The Morgan fingerprint density at radius 2 is 2.16 bits per heavy atom. The fraction of sp³-hybridized carbons (Fsp3) is 0.533. The minimum atomic E-state index is 0.254. The number of thioether (sulfide) groups is 1. The van der Waals surface area contributed by atoms with Crippen LogP contribution in [0.1, 0.15) is 24.0 Å². The number of carbonyl (C=O) groups excluding carboxylic acids is 1. The highest BCUT2D eigenvalue weighted by Crippen LogP contribution is 2.15. The van der Waals surface area contributed by atoms with Crippen LogP contribution in [0.3, 0.4) is 0 Å². The topological polar surface area (TPSA) is 46.3 Å². The highest BCUT2D eigenvalue weighted by Gasteiger charge is 2.19. The summed E-state index contributed by atoms with van der Waals surface area (Å²) in [5.41, 5.74) is 8.41. The molecule has 2 N–H and O–H groups in total. The van der Waals surface area contributed by atoms with E-state index in [2.05, 4.69) is 31.2 Å². The molecule has 0 radical (unpaired) electrons. The van der Waals surface area contributed by atoms with Gasteiger partial charge in [0.1, 0.15) is 0 Å². The summed E-state index contributed by atoms with van der Waals surface area (Å²) in [5, 5.41) is 0. The Balaban J connectivity index is 1.72. The third-order valence-corrected chi connectivity index (χ3v) is 4.46. The number of rotatable bonds is 4. The molecule has 1 amide bonds. The fourth-order valence-corrected chi connectivity index (χ4v) is 3.17. The zero-order chi connectivity index (χ0) is 13.7. The maximum absolute atomic E-state index is 12.0. The van der Waals surface area contributed by atoms with Crippen molar-refractivity contribution in [2.75, 3.05) is 18.8 Å². The van der Waals surface area contributed by atoms with Gasteiger partial charge in [-0.15, -0.1) is 11.8 Å². The molecule has 0 aliphatic carbocycles. The second kappa shape index (κ2) is 6.96. The van der Waals surface area contributed by atoms with Gasteiger partial charge in [-0.3, -0.25) is 4.79 Å². The summed E-state index contributed by atoms with van der Waals surface area (Å²) in [6, 6.07) is 8.74. The average molecular weight is 278 g/mol. The van der Waals surface area contributed by atoms with Crippen molar-refractivity contribution in [1.82, 2.24) is 4.90 Å². The minimum absolute atomic E-state index is 0.254. The summed E-state index contributed by atoms with van der Waals surface area (Å²) in [7, 11) is 0. The molecule has 0 spiro atoms. The fourth-order valence-electron chi connectivity index (χ4n) is 2.30. The van der Waals surface area contributed by atoms with Crippen molar-refractivity contribution in [2.45, 2.75) is 31.6 Å². The molecule has 1 aromatic carbocycles. The molecule has 1 saturated heterocycles. The van der Waals surface area contributed by atoms with Crippen LogP contribution in [0.5, 0.6) is 0 Å². The van der Waals surface area contributed by atoms with Gasteiger partial charge in [-0.1, -0.05) is 29.8 Å². The second-order valence-electron chi connectivity index (χ2n) is 5.20. The van der Waals surface area contributed by atoms with E-state index in [1.807, 2.05) is 4.90 Å². The van der Waals surface area contributed by atoms with E-state index in [4.69, 9.17) is 5.73 Å². The van der Waals surface area contributed by atoms with Gasteiger partial charge in [0.05, 0.1) is 5.75 Å². The summed E-state index contributed by atoms with van der Waals surface area (Å²) in [4.78, 5) is 14.0. The third kappa shape index (κ3) is 4.55. The highest BCUT2D eigenvalue weighted by molar-refractivity contribution is 7.99. The van der Waals surface area contributed by atoms with E-state index in [1.165, 1.54) is 11.1 Å². The van der Waals surface area contributed by atoms with Gasteiger partial charge in [-0.05, 0) is 25.3 Å². The number of nitrogens with zero attached hydrogens (tertiary/aromatic N) is 1. The molecular formula is C15H22N2OS. The molecule has 3 nitrogen and oxygen atoms in total. The Hall–Kier alpha value is -1.00. The lowest BCUT2D eigenvalue weighted by Gasteiger charge is -2.30. The van der Waals surface area contributed by atoms with E-state index < -0.39 is 0 Å². The van der Waals surface area contributed by atoms with E-state index in [9.17, 15) is 4.79 Å². The Kier molecular flexibility index (Phi) is 5.28. The van der Waals surface area contributed by atoms with Gasteiger partial charge in [-0.2, -0.15) is 0 Å². The molecule has 1 heterocycles. The first kappa shape index (κ1) is 14.4. The minimum Gasteiger partial charge on any atom is -0.342 e. The lowest BCUT2D eigenvalue weighted by atomic mass is 10.1. The molecule has 2 rings (SSSR count). The molecular weight excluding hydrogens is 256 g/mol. The van der Waals surface area contributed by atoms with Crippen molar-refractivity contribution in [1.29, 1.82) is 0 Å². The predicted octanol–water partition coefficient (Wildman–Crippen LogP) is 2.18. The van der Waals surface area contributed by atoms with Crippen LogP contribution >= 0.6 is 11.8 Å². The second-order valence-corrected chi connectivity index (χ2v) is 6.19. The Bertz CT molecular complexity index is 428. The van der Waals surface area contributed by atoms with Gasteiger partial charge >= 0.3 is 0 Å². The molecule has 4 heteroatoms. The van der Waals surface area contributed by atoms with Crippen molar-refractivity contribution in [2.24, 2.45) is 5.73 Å². The van der Waals surface area contributed by atoms with E-state index >= 15 is 0 Å². The standard InChI is InChI=1S/C15H22N2OS/c1-12-3-2-4-13(9-12)10-19-11-15(18)17-7-5-14(16)6-8-17/h2-4,9,14H,5-8,10-11,16H2,1H3. The number of nitrogens with two attached hydrogens (primary N) is 1. The monoisotopic (exact) mass is 278 g/mol. The average Bonchev–Trinajstić information content (AvgIpc) is 2.39. The van der Waals surface area contributed by atoms with Crippen LogP contribution in [0.4, 0.5) is 0 Å². The lowest BCUT2D eigenvalue weighted by Crippen LogP contribution is -2.43. The van der Waals surface area contributed by atoms with Gasteiger partial charge < -0.3 is 10.6 Å². The smallest absolute Gasteiger partial charge is 0.232 e. The summed E-state index contributed by atoms with van der Waals surface area (Å²) in [5.74, 6) is 1.73. The zero-order valence-electron chi connectivity index (χ0n) is 11.5. The summed E-state index contributed by atoms with van der Waals surface area (Å²) in [6.45, 7) is 3.74. The number of benzene rings is 1. The molecule has 1 aliphatic rings. The van der Waals surface area contributed by atoms with Gasteiger partial charge in [0.25, 0.3) is 0 Å². The van der Waals surface area contributed by atoms with Crippen LogP contribution < -0.4 is 5.73 Å². The van der Waals surface area contributed by atoms with Gasteiger partial charge in [0, 0.05) is 24.9 Å². The zero-order valence-corrected chi connectivity index (χ0v) is 12.3. The van der Waals surface area contributed by atoms with Crippen LogP contribution in [0.2, 0.25) is 0 Å². The van der Waals surface area contributed by atoms with E-state index in [0.717, 1.165) is 31.7 Å². The number of piperidine rings is 1. The first-order chi connectivity index (χ1) is 9.15. The number of likely N-dealkylation sites (tertiary alicyclic amines) is 1. The molecule has 104 valence electrons. The SMILES string of the molecule is Cc1cccc(CSCC(=O)N2CCC(N)CC2)c1. The number of aryl methyl sites for hydroxylation is 1. The molecule has 0 unspecified atom stereocenters. The van der Waals surface area contributed by atoms with Gasteiger partial charge in [-0.25, -0.2) is 0 Å². The maximum Gasteiger partial charge on any atom is 0.232 e. The quantitative estimate of drug-likeness (QED) is 0.918. The van der Waals surface area contributed by atoms with Crippen molar-refractivity contribution < 1.29 is 4.79 Å².